The van der Waals surface area contributed by atoms with Crippen LogP contribution in [0.3, 0.4) is 0 Å². The number of aromatic nitrogens is 4. The fourth-order valence-electron chi connectivity index (χ4n) is 5.01. The number of hydrogen-bond donors (Lipinski definition) is 0. The first-order valence-corrected chi connectivity index (χ1v) is 15.4. The molecular weight excluding hydrogens is 578 g/mol. The molecule has 1 heterocycles. The van der Waals surface area contributed by atoms with E-state index >= 15 is 0 Å². The number of benzene rings is 4. The summed E-state index contributed by atoms with van der Waals surface area (Å²) in [6.45, 7) is 4.30. The van der Waals surface area contributed by atoms with Crippen molar-refractivity contribution in [3.05, 3.63) is 113 Å². The van der Waals surface area contributed by atoms with Gasteiger partial charge in [0.1, 0.15) is 17.2 Å². The quantitative estimate of drug-likeness (QED) is 0.184. The van der Waals surface area contributed by atoms with Gasteiger partial charge in [-0.1, -0.05) is 48.5 Å². The lowest BCUT2D eigenvalue weighted by molar-refractivity contribution is 0.397. The number of hydrogen-bond acceptors (Lipinski definition) is 8. The van der Waals surface area contributed by atoms with Gasteiger partial charge in [0.25, 0.3) is 0 Å². The third-order valence-electron chi connectivity index (χ3n) is 7.44. The molecule has 0 saturated heterocycles. The smallest absolute Gasteiger partial charge is 0.244 e. The summed E-state index contributed by atoms with van der Waals surface area (Å²) in [5.74, 6) is 2.49. The molecule has 0 N–H and O–H groups in total. The van der Waals surface area contributed by atoms with Gasteiger partial charge >= 0.3 is 0 Å². The van der Waals surface area contributed by atoms with E-state index in [2.05, 4.69) is 15.5 Å². The summed E-state index contributed by atoms with van der Waals surface area (Å²) in [7, 11) is 0.717. The van der Waals surface area contributed by atoms with Crippen molar-refractivity contribution >= 4 is 10.0 Å². The highest BCUT2D eigenvalue weighted by atomic mass is 32.2. The van der Waals surface area contributed by atoms with Gasteiger partial charge in [-0.15, -0.1) is 5.10 Å². The van der Waals surface area contributed by atoms with Crippen molar-refractivity contribution in [1.82, 2.24) is 24.5 Å². The van der Waals surface area contributed by atoms with Crippen molar-refractivity contribution in [3.63, 3.8) is 0 Å². The minimum absolute atomic E-state index is 0.141. The number of ether oxygens (including phenoxy) is 3. The molecule has 0 bridgehead atoms. The van der Waals surface area contributed by atoms with Gasteiger partial charge < -0.3 is 14.2 Å². The molecule has 0 spiro atoms. The molecule has 0 aliphatic carbocycles. The molecule has 0 aliphatic heterocycles. The van der Waals surface area contributed by atoms with Crippen LogP contribution in [-0.4, -0.2) is 54.3 Å². The summed E-state index contributed by atoms with van der Waals surface area (Å²) >= 11 is 0. The van der Waals surface area contributed by atoms with E-state index in [-0.39, 0.29) is 18.0 Å². The molecule has 0 amide bonds. The lowest BCUT2D eigenvalue weighted by Gasteiger charge is -2.26. The van der Waals surface area contributed by atoms with Gasteiger partial charge in [-0.05, 0) is 88.5 Å². The molecule has 0 unspecified atom stereocenters. The summed E-state index contributed by atoms with van der Waals surface area (Å²) in [6.07, 6.45) is 0. The van der Waals surface area contributed by atoms with Crippen LogP contribution in [0.15, 0.2) is 89.8 Å². The van der Waals surface area contributed by atoms with Gasteiger partial charge in [-0.2, -0.15) is 4.31 Å². The summed E-state index contributed by atoms with van der Waals surface area (Å²) in [5, 5.41) is 12.5. The highest BCUT2D eigenvalue weighted by Gasteiger charge is 2.32. The predicted octanol–water partition coefficient (Wildman–Crippen LogP) is 5.42. The second kappa shape index (κ2) is 13.3. The van der Waals surface area contributed by atoms with E-state index in [4.69, 9.17) is 14.2 Å². The highest BCUT2D eigenvalue weighted by Crippen LogP contribution is 2.35. The van der Waals surface area contributed by atoms with Crippen LogP contribution >= 0.6 is 0 Å². The maximum Gasteiger partial charge on any atom is 0.244 e. The number of nitrogens with zero attached hydrogens (tertiary/aromatic N) is 5. The largest absolute Gasteiger partial charge is 0.497 e. The summed E-state index contributed by atoms with van der Waals surface area (Å²) in [6, 6.07) is 26.1. The van der Waals surface area contributed by atoms with E-state index in [0.717, 1.165) is 28.0 Å². The monoisotopic (exact) mass is 613 g/mol. The number of aryl methyl sites for hydroxylation is 2. The molecule has 0 saturated carbocycles. The molecule has 4 aromatic carbocycles. The minimum Gasteiger partial charge on any atom is -0.497 e. The molecule has 10 nitrogen and oxygen atoms in total. The molecule has 44 heavy (non-hydrogen) atoms. The lowest BCUT2D eigenvalue weighted by Crippen LogP contribution is -2.31. The SMILES string of the molecule is COc1ccc(CN(Cc2ccc(OC)cc2)S(=O)(=O)c2c(C)ccc(C)c2-c2nnnn2Cc2ccc(OC)cc2)cc1. The molecule has 0 fully saturated rings. The summed E-state index contributed by atoms with van der Waals surface area (Å²) in [5.41, 5.74) is 4.39. The fourth-order valence-corrected chi connectivity index (χ4v) is 6.90. The minimum atomic E-state index is -4.09. The zero-order valence-electron chi connectivity index (χ0n) is 25.4. The van der Waals surface area contributed by atoms with E-state index in [0.29, 0.717) is 35.0 Å². The average Bonchev–Trinajstić information content (AvgIpc) is 3.50. The second-order valence-corrected chi connectivity index (χ2v) is 12.3. The van der Waals surface area contributed by atoms with E-state index in [1.807, 2.05) is 91.9 Å². The van der Waals surface area contributed by atoms with Crippen LogP contribution in [0, 0.1) is 13.8 Å². The molecule has 5 rings (SSSR count). The Bertz CT molecular complexity index is 1770. The van der Waals surface area contributed by atoms with Crippen LogP contribution in [0.2, 0.25) is 0 Å². The van der Waals surface area contributed by atoms with Gasteiger partial charge in [-0.3, -0.25) is 0 Å². The Morgan fingerprint density at radius 3 is 1.59 bits per heavy atom. The first-order chi connectivity index (χ1) is 21.2. The molecule has 0 atom stereocenters. The van der Waals surface area contributed by atoms with Gasteiger partial charge in [0.15, 0.2) is 5.82 Å². The summed E-state index contributed by atoms with van der Waals surface area (Å²) < 4.78 is 48.6. The van der Waals surface area contributed by atoms with E-state index in [1.54, 1.807) is 32.9 Å². The predicted molar refractivity (Wildman–Crippen MR) is 167 cm³/mol. The first kappa shape index (κ1) is 30.7. The van der Waals surface area contributed by atoms with E-state index in [9.17, 15) is 8.42 Å². The third kappa shape index (κ3) is 6.58. The van der Waals surface area contributed by atoms with Crippen molar-refractivity contribution in [2.45, 2.75) is 38.4 Å². The van der Waals surface area contributed by atoms with Crippen LogP contribution in [-0.2, 0) is 29.7 Å². The molecule has 1 aromatic heterocycles. The summed E-state index contributed by atoms with van der Waals surface area (Å²) in [4.78, 5) is 0.172. The Morgan fingerprint density at radius 1 is 0.659 bits per heavy atom. The average molecular weight is 614 g/mol. The Hall–Kier alpha value is -4.74. The fraction of sp³-hybridized carbons (Fsp3) is 0.242. The van der Waals surface area contributed by atoms with Crippen LogP contribution in [0.1, 0.15) is 27.8 Å². The standard InChI is InChI=1S/C33H35N5O5S/c1-23-6-7-24(2)32(31(23)33-34-35-36-38(33)22-27-12-18-30(43-5)19-13-27)44(39,40)37(20-25-8-14-28(41-3)15-9-25)21-26-10-16-29(42-4)17-11-26/h6-19H,20-22H2,1-5H3. The van der Waals surface area contributed by atoms with Crippen molar-refractivity contribution < 1.29 is 22.6 Å². The number of rotatable bonds is 12. The Balaban J connectivity index is 1.59. The van der Waals surface area contributed by atoms with Gasteiger partial charge in [0.2, 0.25) is 10.0 Å². The molecular formula is C33H35N5O5S. The van der Waals surface area contributed by atoms with Gasteiger partial charge in [0.05, 0.1) is 32.8 Å². The van der Waals surface area contributed by atoms with Gasteiger partial charge in [0, 0.05) is 18.7 Å². The van der Waals surface area contributed by atoms with Crippen molar-refractivity contribution in [3.8, 4) is 28.6 Å². The van der Waals surface area contributed by atoms with Crippen LogP contribution in [0.5, 0.6) is 17.2 Å². The van der Waals surface area contributed by atoms with Crippen LogP contribution < -0.4 is 14.2 Å². The lowest BCUT2D eigenvalue weighted by atomic mass is 10.0. The van der Waals surface area contributed by atoms with Crippen LogP contribution in [0.25, 0.3) is 11.4 Å². The van der Waals surface area contributed by atoms with Crippen molar-refractivity contribution in [2.75, 3.05) is 21.3 Å². The number of methoxy groups -OCH3 is 3. The zero-order chi connectivity index (χ0) is 31.3. The molecule has 0 radical (unpaired) electrons. The van der Waals surface area contributed by atoms with Crippen molar-refractivity contribution in [2.24, 2.45) is 0 Å². The van der Waals surface area contributed by atoms with Crippen LogP contribution in [0.4, 0.5) is 0 Å². The van der Waals surface area contributed by atoms with E-state index in [1.165, 1.54) is 4.31 Å². The zero-order valence-corrected chi connectivity index (χ0v) is 26.2. The van der Waals surface area contributed by atoms with E-state index < -0.39 is 10.0 Å². The third-order valence-corrected chi connectivity index (χ3v) is 9.42. The Kier molecular flexibility index (Phi) is 9.26. The normalized spacial score (nSPS) is 11.5. The van der Waals surface area contributed by atoms with Gasteiger partial charge in [-0.25, -0.2) is 13.1 Å². The number of tetrazole rings is 1. The first-order valence-electron chi connectivity index (χ1n) is 14.0. The number of sulfonamides is 1. The topological polar surface area (TPSA) is 109 Å². The maximum atomic E-state index is 14.8. The molecule has 0 aliphatic rings. The molecule has 228 valence electrons. The molecule has 11 heteroatoms. The highest BCUT2D eigenvalue weighted by molar-refractivity contribution is 7.89. The van der Waals surface area contributed by atoms with Crippen molar-refractivity contribution in [1.29, 1.82) is 0 Å². The maximum absolute atomic E-state index is 14.8. The molecule has 5 aromatic rings. The Morgan fingerprint density at radius 2 is 1.11 bits per heavy atom. The Labute approximate surface area is 257 Å². The second-order valence-electron chi connectivity index (χ2n) is 10.4.